The first-order valence-corrected chi connectivity index (χ1v) is 9.68. The van der Waals surface area contributed by atoms with Crippen molar-refractivity contribution in [1.29, 1.82) is 0 Å². The van der Waals surface area contributed by atoms with E-state index in [0.29, 0.717) is 15.1 Å². The molecule has 1 aliphatic carbocycles. The van der Waals surface area contributed by atoms with E-state index < -0.39 is 5.82 Å². The second-order valence-electron chi connectivity index (χ2n) is 6.71. The summed E-state index contributed by atoms with van der Waals surface area (Å²) in [6.45, 7) is 0.104. The van der Waals surface area contributed by atoms with Gasteiger partial charge in [0.2, 0.25) is 11.8 Å². The van der Waals surface area contributed by atoms with Crippen LogP contribution in [0.5, 0.6) is 0 Å². The van der Waals surface area contributed by atoms with E-state index >= 15 is 0 Å². The Hall–Kier alpha value is -1.73. The maximum absolute atomic E-state index is 14.0. The van der Waals surface area contributed by atoms with Gasteiger partial charge in [-0.3, -0.25) is 14.3 Å². The molecule has 2 aliphatic rings. The minimum atomic E-state index is -0.426. The summed E-state index contributed by atoms with van der Waals surface area (Å²) >= 11 is 9.45. The second kappa shape index (κ2) is 6.78. The summed E-state index contributed by atoms with van der Waals surface area (Å²) in [7, 11) is 0. The van der Waals surface area contributed by atoms with Crippen molar-refractivity contribution in [1.82, 2.24) is 9.78 Å². The monoisotopic (exact) mass is 439 g/mol. The first-order chi connectivity index (χ1) is 12.5. The van der Waals surface area contributed by atoms with Gasteiger partial charge < -0.3 is 0 Å². The fraction of sp³-hybridized carbons (Fsp3) is 0.389. The SMILES string of the molecule is O=C1C2CCCCC2C(=O)N1c1nn(Cc2c(F)cccc2Cl)cc1Br. The molecule has 2 amide bonds. The van der Waals surface area contributed by atoms with Crippen LogP contribution in [0.4, 0.5) is 10.2 Å². The predicted octanol–water partition coefficient (Wildman–Crippen LogP) is 4.17. The fourth-order valence-electron chi connectivity index (χ4n) is 3.84. The zero-order valence-electron chi connectivity index (χ0n) is 13.8. The van der Waals surface area contributed by atoms with E-state index in [4.69, 9.17) is 11.6 Å². The molecule has 1 saturated carbocycles. The Kier molecular flexibility index (Phi) is 4.61. The molecule has 2 aromatic rings. The molecule has 1 saturated heterocycles. The van der Waals surface area contributed by atoms with Crippen LogP contribution in [0.15, 0.2) is 28.9 Å². The topological polar surface area (TPSA) is 55.2 Å². The molecule has 0 bridgehead atoms. The van der Waals surface area contributed by atoms with Gasteiger partial charge in [-0.15, -0.1) is 0 Å². The number of aromatic nitrogens is 2. The van der Waals surface area contributed by atoms with E-state index in [1.807, 2.05) is 0 Å². The zero-order valence-corrected chi connectivity index (χ0v) is 16.1. The van der Waals surface area contributed by atoms with E-state index in [9.17, 15) is 14.0 Å². The Balaban J connectivity index is 1.65. The van der Waals surface area contributed by atoms with Gasteiger partial charge in [-0.05, 0) is 40.9 Å². The average molecular weight is 441 g/mol. The summed E-state index contributed by atoms with van der Waals surface area (Å²) in [5.74, 6) is -1.01. The van der Waals surface area contributed by atoms with Crippen LogP contribution in [0.2, 0.25) is 5.02 Å². The molecule has 8 heteroatoms. The summed E-state index contributed by atoms with van der Waals surface area (Å²) in [5.41, 5.74) is 0.309. The highest BCUT2D eigenvalue weighted by Gasteiger charge is 2.50. The number of amides is 2. The van der Waals surface area contributed by atoms with Gasteiger partial charge in [0.05, 0.1) is 22.9 Å². The van der Waals surface area contributed by atoms with E-state index in [0.717, 1.165) is 25.7 Å². The van der Waals surface area contributed by atoms with Crippen molar-refractivity contribution < 1.29 is 14.0 Å². The van der Waals surface area contributed by atoms with Gasteiger partial charge in [0.25, 0.3) is 0 Å². The van der Waals surface area contributed by atoms with E-state index in [1.165, 1.54) is 21.7 Å². The van der Waals surface area contributed by atoms with Gasteiger partial charge in [-0.2, -0.15) is 5.10 Å². The number of carbonyl (C=O) groups is 2. The highest BCUT2D eigenvalue weighted by molar-refractivity contribution is 9.10. The number of halogens is 3. The number of carbonyl (C=O) groups excluding carboxylic acids is 2. The molecule has 2 atom stereocenters. The van der Waals surface area contributed by atoms with Crippen molar-refractivity contribution in [2.45, 2.75) is 32.2 Å². The van der Waals surface area contributed by atoms with Gasteiger partial charge in [0, 0.05) is 16.8 Å². The molecule has 0 radical (unpaired) electrons. The van der Waals surface area contributed by atoms with Crippen molar-refractivity contribution >= 4 is 45.2 Å². The maximum atomic E-state index is 14.0. The van der Waals surface area contributed by atoms with Crippen LogP contribution in [0.25, 0.3) is 0 Å². The number of hydrogen-bond donors (Lipinski definition) is 0. The molecule has 5 nitrogen and oxygen atoms in total. The Bertz CT molecular complexity index is 856. The molecule has 2 heterocycles. The Morgan fingerprint density at radius 2 is 1.85 bits per heavy atom. The lowest BCUT2D eigenvalue weighted by molar-refractivity contribution is -0.122. The Labute approximate surface area is 163 Å². The third-order valence-electron chi connectivity index (χ3n) is 5.13. The summed E-state index contributed by atoms with van der Waals surface area (Å²) in [5, 5.41) is 4.66. The molecule has 0 spiro atoms. The summed E-state index contributed by atoms with van der Waals surface area (Å²) in [4.78, 5) is 26.6. The molecule has 2 fully saturated rings. The van der Waals surface area contributed by atoms with Crippen LogP contribution < -0.4 is 4.90 Å². The van der Waals surface area contributed by atoms with Crippen LogP contribution in [0.1, 0.15) is 31.2 Å². The summed E-state index contributed by atoms with van der Waals surface area (Å²) in [6.07, 6.45) is 5.05. The van der Waals surface area contributed by atoms with Gasteiger partial charge in [-0.25, -0.2) is 9.29 Å². The highest BCUT2D eigenvalue weighted by atomic mass is 79.9. The number of imide groups is 1. The molecule has 1 aliphatic heterocycles. The zero-order chi connectivity index (χ0) is 18.4. The number of fused-ring (bicyclic) bond motifs is 1. The van der Waals surface area contributed by atoms with Gasteiger partial charge >= 0.3 is 0 Å². The lowest BCUT2D eigenvalue weighted by atomic mass is 9.81. The maximum Gasteiger partial charge on any atom is 0.238 e. The molecule has 2 unspecified atom stereocenters. The van der Waals surface area contributed by atoms with Crippen LogP contribution in [-0.4, -0.2) is 21.6 Å². The first-order valence-electron chi connectivity index (χ1n) is 8.51. The molecule has 4 rings (SSSR count). The van der Waals surface area contributed by atoms with Crippen LogP contribution in [-0.2, 0) is 16.1 Å². The standard InChI is InChI=1S/C18H16BrClFN3O2/c19-13-9-23(8-12-14(20)6-3-7-15(12)21)22-16(13)24-17(25)10-4-1-2-5-11(10)18(24)26/h3,6-7,9-11H,1-2,4-5,8H2. The van der Waals surface area contributed by atoms with E-state index in [-0.39, 0.29) is 36.0 Å². The fourth-order valence-corrected chi connectivity index (χ4v) is 4.55. The highest BCUT2D eigenvalue weighted by Crippen LogP contribution is 2.41. The minimum Gasteiger partial charge on any atom is -0.274 e. The van der Waals surface area contributed by atoms with Gasteiger partial charge in [0.1, 0.15) is 5.82 Å². The molecular weight excluding hydrogens is 425 g/mol. The summed E-state index contributed by atoms with van der Waals surface area (Å²) in [6, 6.07) is 4.48. The lowest BCUT2D eigenvalue weighted by Crippen LogP contribution is -2.31. The van der Waals surface area contributed by atoms with Crippen molar-refractivity contribution in [3.8, 4) is 0 Å². The summed E-state index contributed by atoms with van der Waals surface area (Å²) < 4.78 is 16.0. The normalized spacial score (nSPS) is 22.8. The number of anilines is 1. The molecule has 26 heavy (non-hydrogen) atoms. The van der Waals surface area contributed by atoms with E-state index in [1.54, 1.807) is 12.3 Å². The molecular formula is C18H16BrClFN3O2. The predicted molar refractivity (Wildman–Crippen MR) is 98.4 cm³/mol. The molecule has 1 aromatic heterocycles. The number of hydrogen-bond acceptors (Lipinski definition) is 3. The molecule has 1 aromatic carbocycles. The minimum absolute atomic E-state index is 0.104. The van der Waals surface area contributed by atoms with Crippen molar-refractivity contribution in [3.05, 3.63) is 45.3 Å². The lowest BCUT2D eigenvalue weighted by Gasteiger charge is -2.19. The smallest absolute Gasteiger partial charge is 0.238 e. The third kappa shape index (κ3) is 2.87. The largest absolute Gasteiger partial charge is 0.274 e. The van der Waals surface area contributed by atoms with Crippen LogP contribution in [0.3, 0.4) is 0 Å². The first kappa shape index (κ1) is 17.7. The molecule has 0 N–H and O–H groups in total. The Morgan fingerprint density at radius 1 is 1.19 bits per heavy atom. The van der Waals surface area contributed by atoms with Crippen molar-refractivity contribution in [2.24, 2.45) is 11.8 Å². The molecule has 136 valence electrons. The van der Waals surface area contributed by atoms with Crippen LogP contribution >= 0.6 is 27.5 Å². The Morgan fingerprint density at radius 3 is 2.46 bits per heavy atom. The number of rotatable bonds is 3. The second-order valence-corrected chi connectivity index (χ2v) is 7.97. The number of benzene rings is 1. The van der Waals surface area contributed by atoms with Crippen LogP contribution in [0, 0.1) is 17.7 Å². The third-order valence-corrected chi connectivity index (χ3v) is 6.05. The van der Waals surface area contributed by atoms with Gasteiger partial charge in [0.15, 0.2) is 5.82 Å². The average Bonchev–Trinajstić information content (AvgIpc) is 3.09. The quantitative estimate of drug-likeness (QED) is 0.673. The number of nitrogens with zero attached hydrogens (tertiary/aromatic N) is 3. The van der Waals surface area contributed by atoms with Gasteiger partial charge in [-0.1, -0.05) is 30.5 Å². The van der Waals surface area contributed by atoms with E-state index in [2.05, 4.69) is 21.0 Å². The van der Waals surface area contributed by atoms with Crippen molar-refractivity contribution in [2.75, 3.05) is 4.90 Å². The van der Waals surface area contributed by atoms with Crippen molar-refractivity contribution in [3.63, 3.8) is 0 Å².